The standard InChI is InChI=1S/C42H71N5O5/c1-6-8-18-32(35(48)37(50)43-27-7-2)44-36(49)34-30-19-24-41(25-26-41)31(30)28-47(34)38(51)33(29-16-11-9-12-17-29)45-39(52)46-42(21-13-10-14-22-42)23-15-20-40(3,4)5/h7,29-34,38,51H,2,6,8-28H2,1,3-5H3,(H,43,50)(H,44,49)(H2,45,46,52)/t30-,31-,32?,33-,34-,38?/m0/s1. The fourth-order valence-electron chi connectivity index (χ4n) is 10.5. The first kappa shape index (κ1) is 40.7. The van der Waals surface area contributed by atoms with E-state index in [4.69, 9.17) is 0 Å². The number of ketones is 1. The molecule has 294 valence electrons. The zero-order chi connectivity index (χ0) is 37.5. The lowest BCUT2D eigenvalue weighted by molar-refractivity contribution is -0.141. The zero-order valence-electron chi connectivity index (χ0n) is 32.9. The van der Waals surface area contributed by atoms with Gasteiger partial charge in [-0.05, 0) is 99.2 Å². The normalized spacial score (nSPS) is 27.2. The lowest BCUT2D eigenvalue weighted by atomic mass is 9.76. The van der Waals surface area contributed by atoms with E-state index in [1.165, 1.54) is 12.5 Å². The first-order valence-electron chi connectivity index (χ1n) is 21.1. The Morgan fingerprint density at radius 3 is 2.25 bits per heavy atom. The molecule has 5 N–H and O–H groups in total. The van der Waals surface area contributed by atoms with Gasteiger partial charge in [-0.3, -0.25) is 19.3 Å². The number of carbonyl (C=O) groups is 4. The molecule has 4 aliphatic carbocycles. The summed E-state index contributed by atoms with van der Waals surface area (Å²) in [6.07, 6.45) is 20.3. The van der Waals surface area contributed by atoms with E-state index in [1.54, 1.807) is 0 Å². The SMILES string of the molecule is C=CCNC(=O)C(=O)C(CCCC)NC(=O)[C@@H]1[C@H]2CCC3(CC3)[C@H]2CN1C(O)[C@@H](NC(=O)NC1(CCCC(C)(C)C)CCCCC1)C1CCCCC1. The van der Waals surface area contributed by atoms with Crippen LogP contribution < -0.4 is 21.3 Å². The van der Waals surface area contributed by atoms with Crippen molar-refractivity contribution in [3.8, 4) is 0 Å². The molecule has 5 aliphatic rings. The molecule has 0 bridgehead atoms. The third-order valence-electron chi connectivity index (χ3n) is 13.6. The third kappa shape index (κ3) is 9.99. The number of carbonyl (C=O) groups excluding carboxylic acids is 4. The van der Waals surface area contributed by atoms with Crippen LogP contribution in [0.1, 0.15) is 156 Å². The van der Waals surface area contributed by atoms with Gasteiger partial charge in [0.2, 0.25) is 11.7 Å². The molecule has 10 nitrogen and oxygen atoms in total. The highest BCUT2D eigenvalue weighted by Gasteiger charge is 2.64. The quantitative estimate of drug-likeness (QED) is 0.0856. The van der Waals surface area contributed by atoms with Gasteiger partial charge in [-0.2, -0.15) is 0 Å². The fourth-order valence-corrected chi connectivity index (χ4v) is 10.5. The molecule has 10 heteroatoms. The summed E-state index contributed by atoms with van der Waals surface area (Å²) in [6.45, 7) is 13.2. The Kier molecular flexibility index (Phi) is 13.9. The van der Waals surface area contributed by atoms with Gasteiger partial charge in [0, 0.05) is 18.6 Å². The summed E-state index contributed by atoms with van der Waals surface area (Å²) < 4.78 is 0. The molecule has 0 radical (unpaired) electrons. The second-order valence-corrected chi connectivity index (χ2v) is 18.6. The van der Waals surface area contributed by atoms with E-state index < -0.39 is 36.0 Å². The number of hydrogen-bond acceptors (Lipinski definition) is 6. The highest BCUT2D eigenvalue weighted by atomic mass is 16.3. The van der Waals surface area contributed by atoms with E-state index in [-0.39, 0.29) is 52.6 Å². The summed E-state index contributed by atoms with van der Waals surface area (Å²) >= 11 is 0. The topological polar surface area (TPSA) is 140 Å². The van der Waals surface area contributed by atoms with Crippen molar-refractivity contribution in [1.29, 1.82) is 0 Å². The van der Waals surface area contributed by atoms with Gasteiger partial charge in [0.05, 0.1) is 18.1 Å². The molecule has 6 atom stereocenters. The lowest BCUT2D eigenvalue weighted by Gasteiger charge is -2.42. The molecule has 1 aliphatic heterocycles. The lowest BCUT2D eigenvalue weighted by Crippen LogP contribution is -2.63. The van der Waals surface area contributed by atoms with E-state index in [9.17, 15) is 24.3 Å². The van der Waals surface area contributed by atoms with Crippen LogP contribution >= 0.6 is 0 Å². The number of amides is 4. The molecular formula is C42H71N5O5. The number of nitrogens with one attached hydrogen (secondary N) is 4. The summed E-state index contributed by atoms with van der Waals surface area (Å²) in [5.74, 6) is -1.21. The van der Waals surface area contributed by atoms with E-state index >= 15 is 0 Å². The van der Waals surface area contributed by atoms with Crippen molar-refractivity contribution >= 4 is 23.6 Å². The molecule has 5 fully saturated rings. The van der Waals surface area contributed by atoms with Gasteiger partial charge in [0.15, 0.2) is 0 Å². The van der Waals surface area contributed by atoms with Crippen LogP contribution in [-0.2, 0) is 14.4 Å². The molecule has 5 rings (SSSR count). The Labute approximate surface area is 313 Å². The van der Waals surface area contributed by atoms with Crippen LogP contribution in [0.15, 0.2) is 12.7 Å². The summed E-state index contributed by atoms with van der Waals surface area (Å²) in [4.78, 5) is 56.6. The summed E-state index contributed by atoms with van der Waals surface area (Å²) in [6, 6.07) is -2.30. The maximum atomic E-state index is 14.5. The molecule has 0 aromatic rings. The Balaban J connectivity index is 1.37. The van der Waals surface area contributed by atoms with E-state index in [0.29, 0.717) is 19.4 Å². The van der Waals surface area contributed by atoms with E-state index in [1.807, 2.05) is 11.8 Å². The van der Waals surface area contributed by atoms with Gasteiger partial charge in [0.25, 0.3) is 5.91 Å². The molecular weight excluding hydrogens is 654 g/mol. The molecule has 1 heterocycles. The minimum absolute atomic E-state index is 0.0582. The Bertz CT molecular complexity index is 1250. The third-order valence-corrected chi connectivity index (χ3v) is 13.6. The first-order chi connectivity index (χ1) is 24.8. The number of hydrogen-bond donors (Lipinski definition) is 5. The van der Waals surface area contributed by atoms with Crippen LogP contribution in [-0.4, -0.2) is 76.6 Å². The van der Waals surface area contributed by atoms with E-state index in [0.717, 1.165) is 109 Å². The van der Waals surface area contributed by atoms with Crippen LogP contribution in [0.3, 0.4) is 0 Å². The van der Waals surface area contributed by atoms with Gasteiger partial charge in [-0.1, -0.05) is 91.6 Å². The van der Waals surface area contributed by atoms with Gasteiger partial charge in [-0.15, -0.1) is 6.58 Å². The monoisotopic (exact) mass is 726 g/mol. The maximum absolute atomic E-state index is 14.5. The molecule has 1 saturated heterocycles. The Morgan fingerprint density at radius 2 is 1.62 bits per heavy atom. The number of likely N-dealkylation sites (tertiary alicyclic amines) is 1. The predicted octanol–water partition coefficient (Wildman–Crippen LogP) is 6.51. The zero-order valence-corrected chi connectivity index (χ0v) is 32.9. The summed E-state index contributed by atoms with van der Waals surface area (Å²) in [5, 5.41) is 24.9. The molecule has 4 amide bonds. The van der Waals surface area contributed by atoms with Gasteiger partial charge in [-0.25, -0.2) is 4.79 Å². The van der Waals surface area contributed by atoms with Crippen molar-refractivity contribution in [2.45, 2.75) is 186 Å². The highest BCUT2D eigenvalue weighted by molar-refractivity contribution is 6.38. The average molecular weight is 726 g/mol. The van der Waals surface area contributed by atoms with Crippen molar-refractivity contribution in [1.82, 2.24) is 26.2 Å². The van der Waals surface area contributed by atoms with Gasteiger partial charge >= 0.3 is 6.03 Å². The highest BCUT2D eigenvalue weighted by Crippen LogP contribution is 2.66. The number of fused-ring (bicyclic) bond motifs is 2. The maximum Gasteiger partial charge on any atom is 0.315 e. The van der Waals surface area contributed by atoms with Crippen molar-refractivity contribution < 1.29 is 24.3 Å². The minimum atomic E-state index is -1.05. The van der Waals surface area contributed by atoms with Crippen LogP contribution in [0.25, 0.3) is 0 Å². The number of nitrogens with zero attached hydrogens (tertiary/aromatic N) is 1. The molecule has 0 aromatic carbocycles. The van der Waals surface area contributed by atoms with Crippen LogP contribution in [0.2, 0.25) is 0 Å². The van der Waals surface area contributed by atoms with Crippen LogP contribution in [0, 0.1) is 28.6 Å². The Morgan fingerprint density at radius 1 is 0.923 bits per heavy atom. The Hall–Kier alpha value is -2.46. The molecule has 1 spiro atoms. The number of aliphatic hydroxyl groups excluding tert-OH is 1. The summed E-state index contributed by atoms with van der Waals surface area (Å²) in [7, 11) is 0. The smallest absolute Gasteiger partial charge is 0.315 e. The average Bonchev–Trinajstić information content (AvgIpc) is 3.69. The predicted molar refractivity (Wildman–Crippen MR) is 205 cm³/mol. The van der Waals surface area contributed by atoms with Crippen molar-refractivity contribution in [2.24, 2.45) is 28.6 Å². The minimum Gasteiger partial charge on any atom is -0.376 e. The number of urea groups is 1. The molecule has 2 unspecified atom stereocenters. The number of aliphatic hydroxyl groups is 1. The second kappa shape index (κ2) is 17.8. The number of unbranched alkanes of at least 4 members (excludes halogenated alkanes) is 1. The number of rotatable bonds is 17. The fraction of sp³-hybridized carbons (Fsp3) is 0.857. The molecule has 52 heavy (non-hydrogen) atoms. The molecule has 0 aromatic heterocycles. The van der Waals surface area contributed by atoms with Crippen molar-refractivity contribution in [3.63, 3.8) is 0 Å². The van der Waals surface area contributed by atoms with Crippen LogP contribution in [0.5, 0.6) is 0 Å². The van der Waals surface area contributed by atoms with E-state index in [2.05, 4.69) is 48.6 Å². The number of Topliss-reactive ketones (excluding diaryl/α,β-unsaturated/α-hetero) is 1. The second-order valence-electron chi connectivity index (χ2n) is 18.6. The first-order valence-corrected chi connectivity index (χ1v) is 21.1. The summed E-state index contributed by atoms with van der Waals surface area (Å²) in [5.41, 5.74) is 0.232. The molecule has 4 saturated carbocycles. The van der Waals surface area contributed by atoms with Crippen molar-refractivity contribution in [2.75, 3.05) is 13.1 Å². The van der Waals surface area contributed by atoms with Gasteiger partial charge in [0.1, 0.15) is 6.23 Å². The van der Waals surface area contributed by atoms with Crippen LogP contribution in [0.4, 0.5) is 4.79 Å². The largest absolute Gasteiger partial charge is 0.376 e. The van der Waals surface area contributed by atoms with Crippen molar-refractivity contribution in [3.05, 3.63) is 12.7 Å². The van der Waals surface area contributed by atoms with Gasteiger partial charge < -0.3 is 26.4 Å².